The highest BCUT2D eigenvalue weighted by Crippen LogP contribution is 2.20. The fourth-order valence-electron chi connectivity index (χ4n) is 2.74. The van der Waals surface area contributed by atoms with Gasteiger partial charge in [-0.2, -0.15) is 0 Å². The third-order valence-electron chi connectivity index (χ3n) is 4.14. The Labute approximate surface area is 158 Å². The molecule has 146 valence electrons. The zero-order chi connectivity index (χ0) is 19.2. The zero-order valence-electron chi connectivity index (χ0n) is 16.1. The minimum Gasteiger partial charge on any atom is -0.357 e. The predicted molar refractivity (Wildman–Crippen MR) is 107 cm³/mol. The highest BCUT2D eigenvalue weighted by molar-refractivity contribution is 7.86. The average molecular weight is 384 g/mol. The van der Waals surface area contributed by atoms with Gasteiger partial charge in [0.25, 0.3) is 0 Å². The molecule has 2 atom stereocenters. The molecule has 1 fully saturated rings. The van der Waals surface area contributed by atoms with Crippen molar-refractivity contribution in [1.82, 2.24) is 15.6 Å². The minimum atomic E-state index is -0.916. The van der Waals surface area contributed by atoms with Crippen LogP contribution in [-0.2, 0) is 10.8 Å². The topological polar surface area (TPSA) is 69.6 Å². The fraction of sp³-hybridized carbons (Fsp3) is 0.667. The number of halogens is 1. The van der Waals surface area contributed by atoms with Crippen molar-refractivity contribution < 1.29 is 8.60 Å². The molecule has 0 aromatic carbocycles. The summed E-state index contributed by atoms with van der Waals surface area (Å²) in [6.07, 6.45) is 2.49. The molecule has 1 aliphatic heterocycles. The van der Waals surface area contributed by atoms with Crippen LogP contribution >= 0.6 is 0 Å². The van der Waals surface area contributed by atoms with Gasteiger partial charge < -0.3 is 15.5 Å². The van der Waals surface area contributed by atoms with Crippen molar-refractivity contribution in [2.45, 2.75) is 44.9 Å². The molecule has 6 nitrogen and oxygen atoms in total. The summed E-state index contributed by atoms with van der Waals surface area (Å²) in [7, 11) is -0.916. The van der Waals surface area contributed by atoms with Gasteiger partial charge >= 0.3 is 0 Å². The van der Waals surface area contributed by atoms with Gasteiger partial charge in [-0.25, -0.2) is 9.37 Å². The van der Waals surface area contributed by atoms with Gasteiger partial charge in [0.2, 0.25) is 0 Å². The van der Waals surface area contributed by atoms with Crippen molar-refractivity contribution in [3.05, 3.63) is 24.1 Å². The molecule has 1 aromatic heterocycles. The second-order valence-electron chi connectivity index (χ2n) is 7.31. The van der Waals surface area contributed by atoms with Crippen LogP contribution in [0.5, 0.6) is 0 Å². The van der Waals surface area contributed by atoms with Gasteiger partial charge in [0, 0.05) is 53.2 Å². The molecule has 0 saturated carbocycles. The van der Waals surface area contributed by atoms with E-state index >= 15 is 0 Å². The highest BCUT2D eigenvalue weighted by atomic mass is 32.2. The van der Waals surface area contributed by atoms with E-state index < -0.39 is 10.8 Å². The van der Waals surface area contributed by atoms with Crippen LogP contribution in [0.15, 0.2) is 23.3 Å². The van der Waals surface area contributed by atoms with Crippen molar-refractivity contribution in [3.63, 3.8) is 0 Å². The lowest BCUT2D eigenvalue weighted by atomic mass is 10.3. The Morgan fingerprint density at radius 2 is 2.27 bits per heavy atom. The van der Waals surface area contributed by atoms with Gasteiger partial charge in [0.15, 0.2) is 17.6 Å². The van der Waals surface area contributed by atoms with Gasteiger partial charge in [-0.3, -0.25) is 9.20 Å². The summed E-state index contributed by atoms with van der Waals surface area (Å²) in [5.74, 6) is 1.36. The lowest BCUT2D eigenvalue weighted by molar-refractivity contribution is 0.612. The summed E-state index contributed by atoms with van der Waals surface area (Å²) in [4.78, 5) is 10.6. The molecule has 26 heavy (non-hydrogen) atoms. The number of hydrogen-bond acceptors (Lipinski definition) is 4. The molecule has 0 bridgehead atoms. The van der Waals surface area contributed by atoms with E-state index in [2.05, 4.69) is 20.6 Å². The SMILES string of the molecule is CCNC(=NCCS(=O)C(C)(C)C)NC1CCN(c2ncccc2F)C1. The Balaban J connectivity index is 1.91. The standard InChI is InChI=1S/C18H30FN5OS/c1-5-20-17(22-10-12-26(25)18(2,3)4)23-14-8-11-24(13-14)16-15(19)7-6-9-21-16/h6-7,9,14H,5,8,10-13H2,1-4H3,(H2,20,22,23). The van der Waals surface area contributed by atoms with Crippen LogP contribution in [0.3, 0.4) is 0 Å². The summed E-state index contributed by atoms with van der Waals surface area (Å²) >= 11 is 0. The monoisotopic (exact) mass is 383 g/mol. The third-order valence-corrected chi connectivity index (χ3v) is 6.06. The first-order valence-corrected chi connectivity index (χ1v) is 10.4. The van der Waals surface area contributed by atoms with Crippen LogP contribution < -0.4 is 15.5 Å². The van der Waals surface area contributed by atoms with Crippen LogP contribution in [0, 0.1) is 5.82 Å². The Kier molecular flexibility index (Phi) is 7.37. The van der Waals surface area contributed by atoms with Crippen molar-refractivity contribution in [3.8, 4) is 0 Å². The Morgan fingerprint density at radius 3 is 2.92 bits per heavy atom. The van der Waals surface area contributed by atoms with Crippen LogP contribution in [-0.4, -0.2) is 57.9 Å². The molecule has 0 radical (unpaired) electrons. The first-order valence-electron chi connectivity index (χ1n) is 9.10. The van der Waals surface area contributed by atoms with Gasteiger partial charge in [-0.05, 0) is 46.2 Å². The lowest BCUT2D eigenvalue weighted by Gasteiger charge is -2.20. The number of guanidine groups is 1. The van der Waals surface area contributed by atoms with Gasteiger partial charge in [-0.15, -0.1) is 0 Å². The van der Waals surface area contributed by atoms with E-state index in [1.54, 1.807) is 12.3 Å². The number of hydrogen-bond donors (Lipinski definition) is 2. The predicted octanol–water partition coefficient (Wildman–Crippen LogP) is 1.90. The molecule has 0 aliphatic carbocycles. The maximum Gasteiger partial charge on any atom is 0.191 e. The first kappa shape index (κ1) is 20.6. The van der Waals surface area contributed by atoms with Crippen LogP contribution in [0.1, 0.15) is 34.1 Å². The van der Waals surface area contributed by atoms with Crippen molar-refractivity contribution >= 4 is 22.6 Å². The maximum atomic E-state index is 13.9. The molecule has 1 aliphatic rings. The Morgan fingerprint density at radius 1 is 1.50 bits per heavy atom. The lowest BCUT2D eigenvalue weighted by Crippen LogP contribution is -2.45. The van der Waals surface area contributed by atoms with Gasteiger partial charge in [0.1, 0.15) is 0 Å². The molecule has 0 amide bonds. The molecule has 2 heterocycles. The second kappa shape index (κ2) is 9.30. The molecular weight excluding hydrogens is 353 g/mol. The van der Waals surface area contributed by atoms with Gasteiger partial charge in [0.05, 0.1) is 6.54 Å². The molecule has 2 rings (SSSR count). The van der Waals surface area contributed by atoms with E-state index in [0.29, 0.717) is 30.6 Å². The minimum absolute atomic E-state index is 0.169. The first-order chi connectivity index (χ1) is 12.3. The van der Waals surface area contributed by atoms with E-state index in [0.717, 1.165) is 19.5 Å². The summed E-state index contributed by atoms with van der Waals surface area (Å²) in [6.45, 7) is 10.6. The van der Waals surface area contributed by atoms with E-state index in [1.807, 2.05) is 32.6 Å². The van der Waals surface area contributed by atoms with Crippen LogP contribution in [0.25, 0.3) is 0 Å². The molecule has 1 aromatic rings. The van der Waals surface area contributed by atoms with Crippen LogP contribution in [0.2, 0.25) is 0 Å². The van der Waals surface area contributed by atoms with E-state index in [1.165, 1.54) is 6.07 Å². The number of pyridine rings is 1. The molecule has 8 heteroatoms. The molecule has 2 N–H and O–H groups in total. The van der Waals surface area contributed by atoms with Crippen molar-refractivity contribution in [2.75, 3.05) is 36.8 Å². The quantitative estimate of drug-likeness (QED) is 0.580. The third kappa shape index (κ3) is 5.93. The van der Waals surface area contributed by atoms with E-state index in [-0.39, 0.29) is 16.6 Å². The number of aliphatic imine (C=N–C) groups is 1. The van der Waals surface area contributed by atoms with E-state index in [9.17, 15) is 8.60 Å². The summed E-state index contributed by atoms with van der Waals surface area (Å²) in [5, 5.41) is 6.62. The summed E-state index contributed by atoms with van der Waals surface area (Å²) in [5.41, 5.74) is 0. The number of anilines is 1. The fourth-order valence-corrected chi connectivity index (χ4v) is 3.61. The van der Waals surface area contributed by atoms with Crippen molar-refractivity contribution in [1.29, 1.82) is 0 Å². The zero-order valence-corrected chi connectivity index (χ0v) is 16.9. The Bertz CT molecular complexity index is 647. The summed E-state index contributed by atoms with van der Waals surface area (Å²) < 4.78 is 25.8. The summed E-state index contributed by atoms with van der Waals surface area (Å²) in [6, 6.07) is 3.20. The van der Waals surface area contributed by atoms with Gasteiger partial charge in [-0.1, -0.05) is 0 Å². The number of nitrogens with zero attached hydrogens (tertiary/aromatic N) is 3. The second-order valence-corrected chi connectivity index (χ2v) is 9.63. The van der Waals surface area contributed by atoms with Crippen molar-refractivity contribution in [2.24, 2.45) is 4.99 Å². The Hall–Kier alpha value is -1.70. The molecular formula is C18H30FN5OS. The van der Waals surface area contributed by atoms with Crippen LogP contribution in [0.4, 0.5) is 10.2 Å². The highest BCUT2D eigenvalue weighted by Gasteiger charge is 2.26. The largest absolute Gasteiger partial charge is 0.357 e. The van der Waals surface area contributed by atoms with E-state index in [4.69, 9.17) is 0 Å². The molecule has 0 spiro atoms. The molecule has 1 saturated heterocycles. The maximum absolute atomic E-state index is 13.9. The molecule has 2 unspecified atom stereocenters. The average Bonchev–Trinajstić information content (AvgIpc) is 3.02. The normalized spacial score (nSPS) is 19.5. The number of rotatable bonds is 6. The number of aromatic nitrogens is 1. The smallest absolute Gasteiger partial charge is 0.191 e. The number of nitrogens with one attached hydrogen (secondary N) is 2.